The van der Waals surface area contributed by atoms with Gasteiger partial charge in [-0.05, 0) is 80.1 Å². The molecule has 4 aliphatic carbocycles. The van der Waals surface area contributed by atoms with E-state index in [0.29, 0.717) is 35.9 Å². The average Bonchev–Trinajstić information content (AvgIpc) is 3.28. The van der Waals surface area contributed by atoms with Crippen molar-refractivity contribution in [2.24, 2.45) is 46.3 Å². The van der Waals surface area contributed by atoms with Crippen molar-refractivity contribution in [2.45, 2.75) is 110 Å². The summed E-state index contributed by atoms with van der Waals surface area (Å²) in [5.74, 6) is 2.14. The Morgan fingerprint density at radius 3 is 2.63 bits per heavy atom. The summed E-state index contributed by atoms with van der Waals surface area (Å²) in [4.78, 5) is 26.0. The largest absolute Gasteiger partial charge is 0.462 e. The van der Waals surface area contributed by atoms with E-state index in [-0.39, 0.29) is 40.8 Å². The Morgan fingerprint density at radius 1 is 1.11 bits per heavy atom. The maximum absolute atomic E-state index is 14.1. The molecule has 5 heteroatoms. The standard InChI is InChI=1S/C30H44O5/c1-6-26(32)34-20-10-11-28(4)19(13-20)7-8-21-22(28)15-25(31)29(5)23(21)14-24-27(29)18(3)30(35-24)12-9-17(2)16-33-30/h15,17-21,23-24,27H,6-14,16H2,1-5H3/t17-,18-,19-,20-,21-,23+,24+,27-,28-,29+,30+/m0/s1. The number of carbonyl (C=O) groups is 2. The first-order valence-electron chi connectivity index (χ1n) is 14.4. The molecule has 194 valence electrons. The molecule has 5 fully saturated rings. The SMILES string of the molecule is CCC(=O)O[C@H]1CC[C@]2(C)C3=CC(=O)[C@]4(C)[C@@H]5[C@@H](C[C@@H]4[C@H]3CC[C@H]2C1)O[C@]1(CC[C@H](C)CO1)[C@H]5C. The van der Waals surface area contributed by atoms with E-state index < -0.39 is 5.79 Å². The van der Waals surface area contributed by atoms with Crippen molar-refractivity contribution in [1.82, 2.24) is 0 Å². The van der Waals surface area contributed by atoms with Gasteiger partial charge in [-0.1, -0.05) is 40.2 Å². The molecule has 0 unspecified atom stereocenters. The van der Waals surface area contributed by atoms with Crippen molar-refractivity contribution < 1.29 is 23.8 Å². The van der Waals surface area contributed by atoms with Crippen LogP contribution in [0.15, 0.2) is 11.6 Å². The van der Waals surface area contributed by atoms with Gasteiger partial charge in [0.25, 0.3) is 0 Å². The second kappa shape index (κ2) is 8.15. The number of carbonyl (C=O) groups excluding carboxylic acids is 2. The number of esters is 1. The van der Waals surface area contributed by atoms with Crippen LogP contribution in [0.1, 0.15) is 92.4 Å². The number of ether oxygens (including phenoxy) is 3. The predicted molar refractivity (Wildman–Crippen MR) is 132 cm³/mol. The van der Waals surface area contributed by atoms with Gasteiger partial charge >= 0.3 is 5.97 Å². The molecule has 2 aliphatic heterocycles. The Hall–Kier alpha value is -1.20. The Balaban J connectivity index is 1.27. The molecule has 2 saturated heterocycles. The highest BCUT2D eigenvalue weighted by atomic mass is 16.7. The lowest BCUT2D eigenvalue weighted by Gasteiger charge is -2.56. The number of ketones is 1. The van der Waals surface area contributed by atoms with E-state index >= 15 is 0 Å². The molecule has 35 heavy (non-hydrogen) atoms. The molecule has 6 rings (SSSR count). The average molecular weight is 485 g/mol. The summed E-state index contributed by atoms with van der Waals surface area (Å²) in [6, 6.07) is 0. The van der Waals surface area contributed by atoms with Crippen molar-refractivity contribution in [3.05, 3.63) is 11.6 Å². The van der Waals surface area contributed by atoms with Gasteiger partial charge < -0.3 is 14.2 Å². The van der Waals surface area contributed by atoms with Gasteiger partial charge in [-0.25, -0.2) is 0 Å². The van der Waals surface area contributed by atoms with Gasteiger partial charge in [0, 0.05) is 30.1 Å². The van der Waals surface area contributed by atoms with E-state index in [1.54, 1.807) is 0 Å². The highest BCUT2D eigenvalue weighted by Gasteiger charge is 2.70. The van der Waals surface area contributed by atoms with Crippen LogP contribution in [0, 0.1) is 46.3 Å². The van der Waals surface area contributed by atoms with Gasteiger partial charge in [0.05, 0.1) is 12.7 Å². The predicted octanol–water partition coefficient (Wildman–Crippen LogP) is 5.85. The van der Waals surface area contributed by atoms with E-state index in [2.05, 4.69) is 33.8 Å². The van der Waals surface area contributed by atoms with Crippen LogP contribution in [-0.2, 0) is 23.8 Å². The number of fused-ring (bicyclic) bond motifs is 7. The van der Waals surface area contributed by atoms with Gasteiger partial charge in [0.15, 0.2) is 11.6 Å². The molecule has 5 nitrogen and oxygen atoms in total. The molecule has 1 spiro atoms. The minimum atomic E-state index is -0.488. The molecule has 0 aromatic rings. The molecule has 2 heterocycles. The van der Waals surface area contributed by atoms with Gasteiger partial charge in [0.1, 0.15) is 6.10 Å². The van der Waals surface area contributed by atoms with Crippen LogP contribution in [0.3, 0.4) is 0 Å². The minimum absolute atomic E-state index is 0.0386. The quantitative estimate of drug-likeness (QED) is 0.460. The smallest absolute Gasteiger partial charge is 0.305 e. The summed E-state index contributed by atoms with van der Waals surface area (Å²) < 4.78 is 19.0. The molecule has 0 aromatic carbocycles. The molecular formula is C30H44O5. The molecule has 3 saturated carbocycles. The van der Waals surface area contributed by atoms with Gasteiger partial charge in [0.2, 0.25) is 0 Å². The van der Waals surface area contributed by atoms with Crippen molar-refractivity contribution >= 4 is 11.8 Å². The Bertz CT molecular complexity index is 931. The maximum atomic E-state index is 14.1. The van der Waals surface area contributed by atoms with Crippen LogP contribution in [0.5, 0.6) is 0 Å². The molecule has 6 aliphatic rings. The van der Waals surface area contributed by atoms with Crippen LogP contribution in [0.4, 0.5) is 0 Å². The second-order valence-electron chi connectivity index (χ2n) is 13.4. The highest BCUT2D eigenvalue weighted by Crippen LogP contribution is 2.69. The number of rotatable bonds is 2. The minimum Gasteiger partial charge on any atom is -0.462 e. The van der Waals surface area contributed by atoms with E-state index in [4.69, 9.17) is 14.2 Å². The lowest BCUT2D eigenvalue weighted by Crippen LogP contribution is -2.53. The zero-order valence-electron chi connectivity index (χ0n) is 22.3. The molecule has 0 radical (unpaired) electrons. The van der Waals surface area contributed by atoms with E-state index in [9.17, 15) is 9.59 Å². The number of hydrogen-bond acceptors (Lipinski definition) is 5. The van der Waals surface area contributed by atoms with Gasteiger partial charge in [-0.2, -0.15) is 0 Å². The summed E-state index contributed by atoms with van der Waals surface area (Å²) in [6.45, 7) is 11.8. The molecule has 0 amide bonds. The fourth-order valence-corrected chi connectivity index (χ4v) is 9.64. The molecule has 0 aromatic heterocycles. The first-order valence-corrected chi connectivity index (χ1v) is 14.4. The zero-order chi connectivity index (χ0) is 24.8. The van der Waals surface area contributed by atoms with Crippen molar-refractivity contribution in [1.29, 1.82) is 0 Å². The lowest BCUT2D eigenvalue weighted by molar-refractivity contribution is -0.271. The van der Waals surface area contributed by atoms with Crippen LogP contribution < -0.4 is 0 Å². The van der Waals surface area contributed by atoms with Crippen molar-refractivity contribution in [2.75, 3.05) is 6.61 Å². The summed E-state index contributed by atoms with van der Waals surface area (Å²) in [5.41, 5.74) is 1.10. The van der Waals surface area contributed by atoms with E-state index in [1.807, 2.05) is 6.92 Å². The Kier molecular flexibility index (Phi) is 5.62. The maximum Gasteiger partial charge on any atom is 0.305 e. The Morgan fingerprint density at radius 2 is 1.91 bits per heavy atom. The zero-order valence-corrected chi connectivity index (χ0v) is 22.3. The lowest BCUT2D eigenvalue weighted by atomic mass is 9.48. The van der Waals surface area contributed by atoms with Crippen LogP contribution >= 0.6 is 0 Å². The van der Waals surface area contributed by atoms with Gasteiger partial charge in [-0.15, -0.1) is 0 Å². The first kappa shape index (κ1) is 24.2. The molecular weight excluding hydrogens is 440 g/mol. The third-order valence-electron chi connectivity index (χ3n) is 11.7. The fraction of sp³-hybridized carbons (Fsp3) is 0.867. The summed E-state index contributed by atoms with van der Waals surface area (Å²) in [6.07, 6.45) is 10.9. The number of allylic oxidation sites excluding steroid dienone is 2. The summed E-state index contributed by atoms with van der Waals surface area (Å²) >= 11 is 0. The van der Waals surface area contributed by atoms with Crippen LogP contribution in [-0.4, -0.2) is 36.4 Å². The second-order valence-corrected chi connectivity index (χ2v) is 13.4. The topological polar surface area (TPSA) is 61.8 Å². The monoisotopic (exact) mass is 484 g/mol. The molecule has 0 bridgehead atoms. The van der Waals surface area contributed by atoms with Crippen molar-refractivity contribution in [3.63, 3.8) is 0 Å². The van der Waals surface area contributed by atoms with Crippen molar-refractivity contribution in [3.8, 4) is 0 Å². The first-order chi connectivity index (χ1) is 16.6. The summed E-state index contributed by atoms with van der Waals surface area (Å²) in [7, 11) is 0. The van der Waals surface area contributed by atoms with E-state index in [0.717, 1.165) is 58.0 Å². The van der Waals surface area contributed by atoms with Gasteiger partial charge in [-0.3, -0.25) is 9.59 Å². The third-order valence-corrected chi connectivity index (χ3v) is 11.7. The third kappa shape index (κ3) is 3.32. The van der Waals surface area contributed by atoms with E-state index in [1.165, 1.54) is 5.57 Å². The van der Waals surface area contributed by atoms with Crippen LogP contribution in [0.25, 0.3) is 0 Å². The Labute approximate surface area is 210 Å². The number of hydrogen-bond donors (Lipinski definition) is 0. The fourth-order valence-electron chi connectivity index (χ4n) is 9.64. The molecule has 0 N–H and O–H groups in total. The molecule has 11 atom stereocenters. The summed E-state index contributed by atoms with van der Waals surface area (Å²) in [5, 5.41) is 0. The van der Waals surface area contributed by atoms with Crippen LogP contribution in [0.2, 0.25) is 0 Å². The highest BCUT2D eigenvalue weighted by molar-refractivity contribution is 5.97. The normalized spacial score (nSPS) is 52.8.